The smallest absolute Gasteiger partial charge is 0.115 e. The lowest BCUT2D eigenvalue weighted by molar-refractivity contribution is 0.649. The molecule has 0 amide bonds. The van der Waals surface area contributed by atoms with E-state index < -0.39 is 0 Å². The zero-order valence-electron chi connectivity index (χ0n) is 10.1. The van der Waals surface area contributed by atoms with Gasteiger partial charge in [-0.3, -0.25) is 0 Å². The summed E-state index contributed by atoms with van der Waals surface area (Å²) in [5, 5.41) is 8.23. The largest absolute Gasteiger partial charge is 0.301 e. The Morgan fingerprint density at radius 3 is 2.56 bits per heavy atom. The van der Waals surface area contributed by atoms with Crippen LogP contribution in [-0.4, -0.2) is 15.1 Å². The predicted molar refractivity (Wildman–Crippen MR) is 71.7 cm³/mol. The number of hydrogen-bond acceptors (Lipinski definition) is 3. The molecule has 3 rings (SSSR count). The van der Waals surface area contributed by atoms with Crippen molar-refractivity contribution in [1.82, 2.24) is 15.1 Å². The van der Waals surface area contributed by atoms with Crippen LogP contribution in [0.3, 0.4) is 0 Å². The second-order valence-electron chi connectivity index (χ2n) is 4.25. The maximum absolute atomic E-state index is 4.12. The third-order valence-corrected chi connectivity index (χ3v) is 2.97. The second-order valence-corrected chi connectivity index (χ2v) is 4.25. The minimum Gasteiger partial charge on any atom is -0.301 e. The Bertz CT molecular complexity index is 645. The van der Waals surface area contributed by atoms with Gasteiger partial charge >= 0.3 is 0 Å². The van der Waals surface area contributed by atoms with Gasteiger partial charge in [0.1, 0.15) is 11.0 Å². The fraction of sp³-hybridized carbons (Fsp3) is 0.143. The first-order valence-electron chi connectivity index (χ1n) is 5.96. The molecule has 0 aliphatic heterocycles. The van der Waals surface area contributed by atoms with Crippen LogP contribution in [0.15, 0.2) is 54.6 Å². The van der Waals surface area contributed by atoms with E-state index in [1.807, 2.05) is 42.5 Å². The molecular weight excluding hydrogens is 224 g/mol. The Morgan fingerprint density at radius 2 is 1.72 bits per heavy atom. The molecule has 0 saturated heterocycles. The summed E-state index contributed by atoms with van der Waals surface area (Å²) >= 11 is 0. The molecule has 0 saturated carbocycles. The number of hydrogen-bond donors (Lipinski definition) is 1. The van der Waals surface area contributed by atoms with Crippen molar-refractivity contribution in [3.05, 3.63) is 60.2 Å². The molecule has 90 valence electrons. The Morgan fingerprint density at radius 1 is 1.00 bits per heavy atom. The normalized spacial score (nSPS) is 12.5. The van der Waals surface area contributed by atoms with Crippen LogP contribution >= 0.6 is 0 Å². The molecule has 1 atom stereocenters. The highest BCUT2D eigenvalue weighted by molar-refractivity contribution is 5.74. The summed E-state index contributed by atoms with van der Waals surface area (Å²) in [7, 11) is 0. The molecule has 4 nitrogen and oxygen atoms in total. The third kappa shape index (κ3) is 1.93. The Hall–Kier alpha value is -2.36. The molecule has 0 bridgehead atoms. The molecule has 2 aromatic carbocycles. The number of nitrogens with one attached hydrogen (secondary N) is 1. The standard InChI is InChI=1S/C14H14N4/c1-11(12-7-3-2-4-8-12)16-18-14-10-6-5-9-13(14)15-17-18/h2-11,16H,1H3/t11-/m0/s1. The van der Waals surface area contributed by atoms with Crippen molar-refractivity contribution in [3.63, 3.8) is 0 Å². The summed E-state index contributed by atoms with van der Waals surface area (Å²) in [5.41, 5.74) is 6.42. The van der Waals surface area contributed by atoms with E-state index in [9.17, 15) is 0 Å². The van der Waals surface area contributed by atoms with Gasteiger partial charge in [0.05, 0.1) is 6.04 Å². The van der Waals surface area contributed by atoms with Gasteiger partial charge in [-0.1, -0.05) is 42.5 Å². The SMILES string of the molecule is C[C@H](Nn1nnc2ccccc21)c1ccccc1. The van der Waals surface area contributed by atoms with E-state index in [1.165, 1.54) is 5.56 Å². The van der Waals surface area contributed by atoms with Crippen molar-refractivity contribution < 1.29 is 0 Å². The van der Waals surface area contributed by atoms with Gasteiger partial charge in [0.15, 0.2) is 0 Å². The fourth-order valence-corrected chi connectivity index (χ4v) is 1.96. The van der Waals surface area contributed by atoms with Crippen molar-refractivity contribution in [2.45, 2.75) is 13.0 Å². The molecule has 1 N–H and O–H groups in total. The second kappa shape index (κ2) is 4.49. The summed E-state index contributed by atoms with van der Waals surface area (Å²) in [4.78, 5) is 1.73. The van der Waals surface area contributed by atoms with Gasteiger partial charge in [0, 0.05) is 0 Å². The highest BCUT2D eigenvalue weighted by Crippen LogP contribution is 2.14. The number of rotatable bonds is 3. The zero-order valence-corrected chi connectivity index (χ0v) is 10.1. The van der Waals surface area contributed by atoms with Crippen molar-refractivity contribution >= 4 is 11.0 Å². The van der Waals surface area contributed by atoms with Gasteiger partial charge in [-0.05, 0) is 29.8 Å². The topological polar surface area (TPSA) is 42.7 Å². The average Bonchev–Trinajstić information content (AvgIpc) is 2.83. The van der Waals surface area contributed by atoms with Crippen molar-refractivity contribution in [1.29, 1.82) is 0 Å². The Balaban J connectivity index is 1.89. The van der Waals surface area contributed by atoms with Gasteiger partial charge < -0.3 is 5.43 Å². The molecule has 0 fully saturated rings. The first-order valence-corrected chi connectivity index (χ1v) is 5.96. The van der Waals surface area contributed by atoms with Gasteiger partial charge in [0.25, 0.3) is 0 Å². The molecule has 4 heteroatoms. The summed E-state index contributed by atoms with van der Waals surface area (Å²) in [6, 6.07) is 18.3. The van der Waals surface area contributed by atoms with Crippen LogP contribution in [0.4, 0.5) is 0 Å². The highest BCUT2D eigenvalue weighted by atomic mass is 15.6. The van der Waals surface area contributed by atoms with E-state index in [0.29, 0.717) is 0 Å². The maximum atomic E-state index is 4.12. The summed E-state index contributed by atoms with van der Waals surface area (Å²) in [5.74, 6) is 0. The molecule has 1 heterocycles. The van der Waals surface area contributed by atoms with E-state index in [0.717, 1.165) is 11.0 Å². The van der Waals surface area contributed by atoms with E-state index in [4.69, 9.17) is 0 Å². The van der Waals surface area contributed by atoms with Crippen LogP contribution in [0.2, 0.25) is 0 Å². The lowest BCUT2D eigenvalue weighted by Crippen LogP contribution is -2.19. The fourth-order valence-electron chi connectivity index (χ4n) is 1.96. The number of para-hydroxylation sites is 1. The van der Waals surface area contributed by atoms with Crippen LogP contribution in [0.5, 0.6) is 0 Å². The Kier molecular flexibility index (Phi) is 2.68. The molecule has 0 unspecified atom stereocenters. The van der Waals surface area contributed by atoms with Gasteiger partial charge in [-0.2, -0.15) is 4.79 Å². The number of nitrogens with zero attached hydrogens (tertiary/aromatic N) is 3. The summed E-state index contributed by atoms with van der Waals surface area (Å²) < 4.78 is 0. The molecular formula is C14H14N4. The van der Waals surface area contributed by atoms with E-state index in [1.54, 1.807) is 4.79 Å². The quantitative estimate of drug-likeness (QED) is 0.763. The molecule has 0 spiro atoms. The summed E-state index contributed by atoms with van der Waals surface area (Å²) in [6.45, 7) is 2.10. The van der Waals surface area contributed by atoms with Gasteiger partial charge in [-0.15, -0.1) is 5.10 Å². The molecule has 0 aliphatic carbocycles. The van der Waals surface area contributed by atoms with E-state index in [-0.39, 0.29) is 6.04 Å². The van der Waals surface area contributed by atoms with Gasteiger partial charge in [-0.25, -0.2) is 0 Å². The van der Waals surface area contributed by atoms with Crippen molar-refractivity contribution in [2.24, 2.45) is 0 Å². The number of aromatic nitrogens is 3. The van der Waals surface area contributed by atoms with Crippen molar-refractivity contribution in [2.75, 3.05) is 5.43 Å². The van der Waals surface area contributed by atoms with Crippen LogP contribution in [0.25, 0.3) is 11.0 Å². The summed E-state index contributed by atoms with van der Waals surface area (Å²) in [6.07, 6.45) is 0. The lowest BCUT2D eigenvalue weighted by Gasteiger charge is -2.15. The number of fused-ring (bicyclic) bond motifs is 1. The monoisotopic (exact) mass is 238 g/mol. The Labute approximate surface area is 105 Å². The molecule has 0 radical (unpaired) electrons. The lowest BCUT2D eigenvalue weighted by atomic mass is 10.1. The molecule has 3 aromatic rings. The molecule has 0 aliphatic rings. The van der Waals surface area contributed by atoms with Gasteiger partial charge in [0.2, 0.25) is 0 Å². The average molecular weight is 238 g/mol. The van der Waals surface area contributed by atoms with Crippen molar-refractivity contribution in [3.8, 4) is 0 Å². The minimum absolute atomic E-state index is 0.177. The predicted octanol–water partition coefficient (Wildman–Crippen LogP) is 2.74. The highest BCUT2D eigenvalue weighted by Gasteiger charge is 2.07. The maximum Gasteiger partial charge on any atom is 0.115 e. The number of benzene rings is 2. The minimum atomic E-state index is 0.177. The van der Waals surface area contributed by atoms with Crippen LogP contribution in [0.1, 0.15) is 18.5 Å². The van der Waals surface area contributed by atoms with E-state index >= 15 is 0 Å². The first-order chi connectivity index (χ1) is 8.84. The third-order valence-electron chi connectivity index (χ3n) is 2.97. The molecule has 18 heavy (non-hydrogen) atoms. The first kappa shape index (κ1) is 10.8. The molecule has 1 aromatic heterocycles. The van der Waals surface area contributed by atoms with Crippen LogP contribution in [0, 0.1) is 0 Å². The van der Waals surface area contributed by atoms with Crippen LogP contribution in [-0.2, 0) is 0 Å². The van der Waals surface area contributed by atoms with E-state index in [2.05, 4.69) is 34.8 Å². The zero-order chi connectivity index (χ0) is 12.4. The van der Waals surface area contributed by atoms with Crippen LogP contribution < -0.4 is 5.43 Å².